The normalized spacial score (nSPS) is 14.8. The van der Waals surface area contributed by atoms with Crippen LogP contribution in [0.5, 0.6) is 11.6 Å². The third-order valence-electron chi connectivity index (χ3n) is 7.60. The van der Waals surface area contributed by atoms with Crippen molar-refractivity contribution in [2.45, 2.75) is 12.5 Å². The summed E-state index contributed by atoms with van der Waals surface area (Å²) in [6.45, 7) is 5.22. The van der Waals surface area contributed by atoms with E-state index in [1.165, 1.54) is 35.4 Å². The number of rotatable bonds is 9. The first-order chi connectivity index (χ1) is 21.3. The van der Waals surface area contributed by atoms with Crippen LogP contribution in [-0.4, -0.2) is 64.8 Å². The van der Waals surface area contributed by atoms with Crippen LogP contribution in [0.15, 0.2) is 85.2 Å². The maximum Gasteiger partial charge on any atom is 0.241 e. The van der Waals surface area contributed by atoms with Crippen LogP contribution < -0.4 is 15.8 Å². The van der Waals surface area contributed by atoms with Gasteiger partial charge in [-0.05, 0) is 54.1 Å². The zero-order valence-corrected chi connectivity index (χ0v) is 24.9. The molecule has 11 heteroatoms. The average molecular weight is 611 g/mol. The van der Waals surface area contributed by atoms with Crippen LogP contribution in [-0.2, 0) is 16.1 Å². The third-order valence-corrected chi connectivity index (χ3v) is 8.76. The first kappa shape index (κ1) is 29.4. The number of ether oxygens (including phenoxy) is 1. The monoisotopic (exact) mass is 610 g/mol. The number of aromatic nitrogens is 2. The highest BCUT2D eigenvalue weighted by atomic mass is 32.1. The second-order valence-corrected chi connectivity index (χ2v) is 11.8. The van der Waals surface area contributed by atoms with Crippen LogP contribution in [0.3, 0.4) is 0 Å². The Kier molecular flexibility index (Phi) is 8.60. The van der Waals surface area contributed by atoms with Crippen LogP contribution in [0.4, 0.5) is 10.1 Å². The van der Waals surface area contributed by atoms with Crippen molar-refractivity contribution in [1.29, 1.82) is 0 Å². The molecule has 9 nitrogen and oxygen atoms in total. The van der Waals surface area contributed by atoms with Gasteiger partial charge in [-0.25, -0.2) is 14.4 Å². The van der Waals surface area contributed by atoms with Gasteiger partial charge >= 0.3 is 0 Å². The molecule has 1 unspecified atom stereocenters. The van der Waals surface area contributed by atoms with E-state index in [4.69, 9.17) is 10.5 Å². The van der Waals surface area contributed by atoms with Gasteiger partial charge in [-0.1, -0.05) is 48.5 Å². The number of likely N-dealkylation sites (N-methyl/N-ethyl adjacent to an activating group) is 1. The highest BCUT2D eigenvalue weighted by molar-refractivity contribution is 7.22. The van der Waals surface area contributed by atoms with Gasteiger partial charge in [0.1, 0.15) is 16.9 Å². The van der Waals surface area contributed by atoms with Crippen LogP contribution in [0.1, 0.15) is 17.0 Å². The van der Waals surface area contributed by atoms with Crippen molar-refractivity contribution < 1.29 is 18.7 Å². The number of benzene rings is 3. The van der Waals surface area contributed by atoms with E-state index in [2.05, 4.69) is 56.4 Å². The first-order valence-corrected chi connectivity index (χ1v) is 15.0. The van der Waals surface area contributed by atoms with Gasteiger partial charge in [0.2, 0.25) is 17.7 Å². The number of carbonyl (C=O) groups is 2. The van der Waals surface area contributed by atoms with Crippen LogP contribution in [0.2, 0.25) is 0 Å². The molecule has 3 N–H and O–H groups in total. The third kappa shape index (κ3) is 6.60. The van der Waals surface area contributed by atoms with E-state index in [0.717, 1.165) is 49.2 Å². The standard InChI is InChI=1S/C33H31FN6O3S/c1-39-13-15-40(16-14-39)19-21-7-9-22(10-8-21)28-18-26-30(44-28)33(37-20-36-26)43-27-12-11-23(17-25(27)34)29(31(35)41)32(42)38-24-5-3-2-4-6-24/h2-12,17-18,20,29H,13-16,19H2,1H3,(H2,35,41)(H,38,42). The van der Waals surface area contributed by atoms with Gasteiger partial charge in [-0.3, -0.25) is 14.5 Å². The second kappa shape index (κ2) is 12.9. The summed E-state index contributed by atoms with van der Waals surface area (Å²) in [5.41, 5.74) is 9.12. The molecule has 0 saturated carbocycles. The fourth-order valence-electron chi connectivity index (χ4n) is 5.15. The molecule has 2 aromatic heterocycles. The number of para-hydroxylation sites is 1. The molecule has 6 rings (SSSR count). The van der Waals surface area contributed by atoms with Crippen molar-refractivity contribution in [3.63, 3.8) is 0 Å². The minimum absolute atomic E-state index is 0.108. The van der Waals surface area contributed by atoms with Gasteiger partial charge < -0.3 is 20.7 Å². The minimum atomic E-state index is -1.39. The van der Waals surface area contributed by atoms with E-state index in [9.17, 15) is 9.59 Å². The molecule has 1 aliphatic heterocycles. The molecule has 3 heterocycles. The molecule has 5 aromatic rings. The topological polar surface area (TPSA) is 114 Å². The predicted octanol–water partition coefficient (Wildman–Crippen LogP) is 5.24. The van der Waals surface area contributed by atoms with Crippen molar-refractivity contribution in [3.05, 3.63) is 102 Å². The number of carbonyl (C=O) groups excluding carboxylic acids is 2. The second-order valence-electron chi connectivity index (χ2n) is 10.8. The number of primary amides is 1. The molecule has 0 aliphatic carbocycles. The Morgan fingerprint density at radius 3 is 2.45 bits per heavy atom. The zero-order chi connectivity index (χ0) is 30.6. The van der Waals surface area contributed by atoms with Crippen molar-refractivity contribution in [1.82, 2.24) is 19.8 Å². The molecule has 3 aromatic carbocycles. The molecular formula is C33H31FN6O3S. The Hall–Kier alpha value is -4.71. The molecule has 1 saturated heterocycles. The highest BCUT2D eigenvalue weighted by Crippen LogP contribution is 2.39. The lowest BCUT2D eigenvalue weighted by Gasteiger charge is -2.32. The lowest BCUT2D eigenvalue weighted by Crippen LogP contribution is -2.43. The first-order valence-electron chi connectivity index (χ1n) is 14.2. The smallest absolute Gasteiger partial charge is 0.241 e. The van der Waals surface area contributed by atoms with Crippen LogP contribution >= 0.6 is 11.3 Å². The van der Waals surface area contributed by atoms with Gasteiger partial charge in [0.05, 0.1) is 5.52 Å². The van der Waals surface area contributed by atoms with Crippen molar-refractivity contribution in [2.75, 3.05) is 38.5 Å². The number of piperazine rings is 1. The Labute approximate surface area is 258 Å². The maximum atomic E-state index is 15.3. The van der Waals surface area contributed by atoms with E-state index in [1.807, 2.05) is 6.07 Å². The number of amides is 2. The Morgan fingerprint density at radius 1 is 1.00 bits per heavy atom. The fraction of sp³-hybridized carbons (Fsp3) is 0.212. The Balaban J connectivity index is 1.18. The van der Waals surface area contributed by atoms with Gasteiger partial charge in [0.25, 0.3) is 0 Å². The predicted molar refractivity (Wildman–Crippen MR) is 169 cm³/mol. The molecule has 1 atom stereocenters. The summed E-state index contributed by atoms with van der Waals surface area (Å²) >= 11 is 1.46. The summed E-state index contributed by atoms with van der Waals surface area (Å²) in [5.74, 6) is -3.62. The number of anilines is 1. The quantitative estimate of drug-likeness (QED) is 0.219. The van der Waals surface area contributed by atoms with Crippen molar-refractivity contribution in [3.8, 4) is 22.1 Å². The molecule has 224 valence electrons. The molecule has 2 amide bonds. The number of hydrogen-bond acceptors (Lipinski definition) is 8. The van der Waals surface area contributed by atoms with Crippen LogP contribution in [0.25, 0.3) is 20.7 Å². The minimum Gasteiger partial charge on any atom is -0.434 e. The summed E-state index contributed by atoms with van der Waals surface area (Å²) in [6.07, 6.45) is 1.37. The molecular weight excluding hydrogens is 579 g/mol. The fourth-order valence-corrected chi connectivity index (χ4v) is 6.19. The van der Waals surface area contributed by atoms with Crippen LogP contribution in [0, 0.1) is 5.82 Å². The number of halogens is 1. The number of hydrogen-bond donors (Lipinski definition) is 2. The largest absolute Gasteiger partial charge is 0.434 e. The number of nitrogens with one attached hydrogen (secondary N) is 1. The summed E-state index contributed by atoms with van der Waals surface area (Å²) in [4.78, 5) is 39.5. The maximum absolute atomic E-state index is 15.3. The van der Waals surface area contributed by atoms with Crippen molar-refractivity contribution in [2.24, 2.45) is 5.73 Å². The van der Waals surface area contributed by atoms with E-state index >= 15 is 4.39 Å². The number of nitrogens with zero attached hydrogens (tertiary/aromatic N) is 4. The summed E-state index contributed by atoms with van der Waals surface area (Å²) in [7, 11) is 2.15. The molecule has 0 radical (unpaired) electrons. The van der Waals surface area contributed by atoms with Gasteiger partial charge in [0, 0.05) is 43.3 Å². The van der Waals surface area contributed by atoms with Crippen molar-refractivity contribution >= 4 is 39.1 Å². The number of fused-ring (bicyclic) bond motifs is 1. The Bertz CT molecular complexity index is 1790. The zero-order valence-electron chi connectivity index (χ0n) is 24.1. The van der Waals surface area contributed by atoms with Gasteiger partial charge in [0.15, 0.2) is 11.6 Å². The van der Waals surface area contributed by atoms with E-state index < -0.39 is 23.5 Å². The lowest BCUT2D eigenvalue weighted by atomic mass is 9.97. The molecule has 1 fully saturated rings. The number of thiophene rings is 1. The number of nitrogens with two attached hydrogens (primary N) is 1. The Morgan fingerprint density at radius 2 is 1.75 bits per heavy atom. The summed E-state index contributed by atoms with van der Waals surface area (Å²) < 4.78 is 21.9. The van der Waals surface area contributed by atoms with E-state index in [1.54, 1.807) is 30.3 Å². The van der Waals surface area contributed by atoms with E-state index in [-0.39, 0.29) is 17.2 Å². The molecule has 1 aliphatic rings. The molecule has 0 spiro atoms. The summed E-state index contributed by atoms with van der Waals surface area (Å²) in [5, 5.41) is 2.64. The average Bonchev–Trinajstić information content (AvgIpc) is 3.46. The van der Waals surface area contributed by atoms with E-state index in [0.29, 0.717) is 15.9 Å². The summed E-state index contributed by atoms with van der Waals surface area (Å²) in [6, 6.07) is 23.0. The molecule has 0 bridgehead atoms. The molecule has 44 heavy (non-hydrogen) atoms. The van der Waals surface area contributed by atoms with Gasteiger partial charge in [-0.15, -0.1) is 11.3 Å². The van der Waals surface area contributed by atoms with Gasteiger partial charge in [-0.2, -0.15) is 0 Å². The lowest BCUT2D eigenvalue weighted by molar-refractivity contribution is -0.127. The highest BCUT2D eigenvalue weighted by Gasteiger charge is 2.28. The SMILES string of the molecule is CN1CCN(Cc2ccc(-c3cc4ncnc(Oc5ccc(C(C(N)=O)C(=O)Nc6ccccc6)cc5F)c4s3)cc2)CC1.